The second-order valence-electron chi connectivity index (χ2n) is 11.0. The summed E-state index contributed by atoms with van der Waals surface area (Å²) in [5, 5.41) is 9.55. The number of hydrogen-bond acceptors (Lipinski definition) is 13. The Morgan fingerprint density at radius 3 is 2.60 bits per heavy atom. The van der Waals surface area contributed by atoms with Gasteiger partial charge in [0.25, 0.3) is 0 Å². The Morgan fingerprint density at radius 2 is 1.93 bits per heavy atom. The van der Waals surface area contributed by atoms with Gasteiger partial charge in [0.1, 0.15) is 29.7 Å². The lowest BCUT2D eigenvalue weighted by Crippen LogP contribution is -2.53. The van der Waals surface area contributed by atoms with Crippen molar-refractivity contribution >= 4 is 38.7 Å². The van der Waals surface area contributed by atoms with Gasteiger partial charge in [-0.15, -0.1) is 0 Å². The van der Waals surface area contributed by atoms with E-state index in [1.807, 2.05) is 17.0 Å². The number of esters is 1. The number of carbonyl (C=O) groups excluding carboxylic acids is 1. The number of nitrogens with two attached hydrogens (primary N) is 1. The van der Waals surface area contributed by atoms with E-state index in [1.165, 1.54) is 33.6 Å². The van der Waals surface area contributed by atoms with E-state index < -0.39 is 51.5 Å². The Labute approximate surface area is 249 Å². The van der Waals surface area contributed by atoms with Crippen molar-refractivity contribution in [2.45, 2.75) is 68.6 Å². The fourth-order valence-electron chi connectivity index (χ4n) is 5.61. The van der Waals surface area contributed by atoms with E-state index >= 15 is 0 Å². The minimum absolute atomic E-state index is 0.0457. The molecule has 0 spiro atoms. The molecule has 234 valence electrons. The molecule has 0 bridgehead atoms. The number of nitrogens with one attached hydrogen (secondary N) is 1. The van der Waals surface area contributed by atoms with E-state index in [0.29, 0.717) is 29.9 Å². The van der Waals surface area contributed by atoms with E-state index in [-0.39, 0.29) is 25.2 Å². The van der Waals surface area contributed by atoms with Crippen LogP contribution in [-0.2, 0) is 29.0 Å². The Bertz CT molecular complexity index is 1540. The van der Waals surface area contributed by atoms with E-state index in [2.05, 4.69) is 19.7 Å². The number of carbonyl (C=O) groups is 1. The van der Waals surface area contributed by atoms with Crippen LogP contribution in [0.4, 0.5) is 11.5 Å². The molecule has 0 saturated carbocycles. The van der Waals surface area contributed by atoms with Crippen LogP contribution in [0.3, 0.4) is 0 Å². The minimum atomic E-state index is -3.86. The molecule has 2 aromatic heterocycles. The third kappa shape index (κ3) is 6.67. The van der Waals surface area contributed by atoms with Crippen molar-refractivity contribution in [2.75, 3.05) is 37.9 Å². The number of ether oxygens (including phenoxy) is 4. The molecule has 5 rings (SSSR count). The number of nitrogens with zero attached hydrogens (tertiary/aromatic N) is 5. The third-order valence-electron chi connectivity index (χ3n) is 7.63. The monoisotopic (exact) mass is 619 g/mol. The van der Waals surface area contributed by atoms with Gasteiger partial charge in [-0.05, 0) is 51.0 Å². The van der Waals surface area contributed by atoms with Gasteiger partial charge in [0.2, 0.25) is 10.0 Å². The second-order valence-corrected chi connectivity index (χ2v) is 13.1. The molecule has 0 amide bonds. The number of methoxy groups -OCH3 is 2. The first kappa shape index (κ1) is 30.9. The van der Waals surface area contributed by atoms with Gasteiger partial charge in [0.15, 0.2) is 23.5 Å². The molecule has 4 heterocycles. The Kier molecular flexibility index (Phi) is 8.76. The summed E-state index contributed by atoms with van der Waals surface area (Å²) in [6.07, 6.45) is 1.42. The summed E-state index contributed by atoms with van der Waals surface area (Å²) in [5.41, 5.74) is 7.51. The molecule has 2 saturated heterocycles. The summed E-state index contributed by atoms with van der Waals surface area (Å²) >= 11 is 0. The van der Waals surface area contributed by atoms with Crippen molar-refractivity contribution in [3.8, 4) is 5.75 Å². The number of sulfonamides is 1. The highest BCUT2D eigenvalue weighted by molar-refractivity contribution is 7.90. The summed E-state index contributed by atoms with van der Waals surface area (Å²) < 4.78 is 53.7. The SMILES string of the molecule is COC(=O)C1CC(S(=O)(=O)NC[C@@H]2C[C@H](OC(C)(C)O)[C@H](n3cnc4c(N)ncnc43)O2)CCN1c1ccc(OC)cc1. The smallest absolute Gasteiger partial charge is 0.328 e. The summed E-state index contributed by atoms with van der Waals surface area (Å²) in [5.74, 6) is -1.12. The van der Waals surface area contributed by atoms with Gasteiger partial charge in [-0.2, -0.15) is 0 Å². The van der Waals surface area contributed by atoms with Gasteiger partial charge in [-0.3, -0.25) is 4.57 Å². The van der Waals surface area contributed by atoms with Crippen LogP contribution in [0.1, 0.15) is 39.3 Å². The lowest BCUT2D eigenvalue weighted by atomic mass is 10.0. The molecule has 15 nitrogen and oxygen atoms in total. The van der Waals surface area contributed by atoms with Crippen molar-refractivity contribution in [1.29, 1.82) is 0 Å². The molecule has 43 heavy (non-hydrogen) atoms. The molecule has 2 aliphatic rings. The highest BCUT2D eigenvalue weighted by Crippen LogP contribution is 2.36. The molecule has 0 radical (unpaired) electrons. The molecular formula is C27H37N7O8S. The number of hydrogen-bond donors (Lipinski definition) is 3. The minimum Gasteiger partial charge on any atom is -0.497 e. The number of nitrogen functional groups attached to an aromatic ring is 1. The number of benzene rings is 1. The second kappa shape index (κ2) is 12.2. The molecule has 3 aromatic rings. The Balaban J connectivity index is 1.29. The normalized spacial score (nSPS) is 24.8. The van der Waals surface area contributed by atoms with Crippen LogP contribution < -0.4 is 20.1 Å². The zero-order valence-corrected chi connectivity index (χ0v) is 25.2. The average Bonchev–Trinajstić information content (AvgIpc) is 3.59. The average molecular weight is 620 g/mol. The maximum absolute atomic E-state index is 13.5. The predicted molar refractivity (Wildman–Crippen MR) is 156 cm³/mol. The van der Waals surface area contributed by atoms with Crippen molar-refractivity contribution < 1.29 is 37.3 Å². The van der Waals surface area contributed by atoms with Crippen LogP contribution in [0.5, 0.6) is 5.75 Å². The quantitative estimate of drug-likeness (QED) is 0.215. The van der Waals surface area contributed by atoms with E-state index in [9.17, 15) is 18.3 Å². The maximum atomic E-state index is 13.5. The molecule has 2 fully saturated rings. The zero-order valence-electron chi connectivity index (χ0n) is 24.4. The van der Waals surface area contributed by atoms with Gasteiger partial charge in [-0.25, -0.2) is 32.9 Å². The number of piperidine rings is 1. The highest BCUT2D eigenvalue weighted by Gasteiger charge is 2.43. The first-order chi connectivity index (χ1) is 20.4. The third-order valence-corrected chi connectivity index (χ3v) is 9.50. The molecule has 2 aliphatic heterocycles. The van der Waals surface area contributed by atoms with Crippen LogP contribution in [0.15, 0.2) is 36.9 Å². The number of aromatic nitrogens is 4. The topological polar surface area (TPSA) is 193 Å². The first-order valence-electron chi connectivity index (χ1n) is 13.9. The summed E-state index contributed by atoms with van der Waals surface area (Å²) in [4.78, 5) is 27.1. The molecule has 0 aliphatic carbocycles. The Hall–Kier alpha value is -3.57. The number of aliphatic hydroxyl groups is 1. The lowest BCUT2D eigenvalue weighted by molar-refractivity contribution is -0.222. The van der Waals surface area contributed by atoms with Gasteiger partial charge in [0, 0.05) is 25.2 Å². The number of rotatable bonds is 10. The van der Waals surface area contributed by atoms with Gasteiger partial charge < -0.3 is 34.7 Å². The zero-order chi connectivity index (χ0) is 30.9. The van der Waals surface area contributed by atoms with Crippen LogP contribution >= 0.6 is 0 Å². The molecule has 5 atom stereocenters. The van der Waals surface area contributed by atoms with Crippen LogP contribution in [0, 0.1) is 0 Å². The summed E-state index contributed by atoms with van der Waals surface area (Å²) in [6.45, 7) is 3.29. The summed E-state index contributed by atoms with van der Waals surface area (Å²) in [7, 11) is -1.00. The van der Waals surface area contributed by atoms with Crippen molar-refractivity contribution in [1.82, 2.24) is 24.2 Å². The maximum Gasteiger partial charge on any atom is 0.328 e. The Morgan fingerprint density at radius 1 is 1.19 bits per heavy atom. The lowest BCUT2D eigenvalue weighted by Gasteiger charge is -2.39. The summed E-state index contributed by atoms with van der Waals surface area (Å²) in [6, 6.07) is 6.44. The molecular weight excluding hydrogens is 582 g/mol. The molecule has 16 heteroatoms. The van der Waals surface area contributed by atoms with Crippen LogP contribution in [0.25, 0.3) is 11.2 Å². The van der Waals surface area contributed by atoms with Crippen LogP contribution in [-0.4, -0.2) is 95.6 Å². The largest absolute Gasteiger partial charge is 0.497 e. The fraction of sp³-hybridized carbons (Fsp3) is 0.556. The van der Waals surface area contributed by atoms with E-state index in [4.69, 9.17) is 24.7 Å². The van der Waals surface area contributed by atoms with Crippen molar-refractivity contribution in [3.05, 3.63) is 36.9 Å². The standard InChI is InChI=1S/C27H37N7O8S/c1-27(2,36)42-21-11-18(41-25(21)34-15-31-22-23(28)29-14-30-24(22)34)13-32-43(37,38)19-9-10-33(20(12-19)26(35)40-4)16-5-7-17(39-3)8-6-16/h5-8,14-15,18-21,25,32,36H,9-13H2,1-4H3,(H2,28,29,30)/t18-,19?,20?,21-,25+/m0/s1. The highest BCUT2D eigenvalue weighted by atomic mass is 32.2. The number of imidazole rings is 1. The molecule has 1 aromatic carbocycles. The van der Waals surface area contributed by atoms with Crippen LogP contribution in [0.2, 0.25) is 0 Å². The van der Waals surface area contributed by atoms with E-state index in [1.54, 1.807) is 23.8 Å². The van der Waals surface area contributed by atoms with Gasteiger partial charge >= 0.3 is 5.97 Å². The number of anilines is 2. The molecule has 4 N–H and O–H groups in total. The predicted octanol–water partition coefficient (Wildman–Crippen LogP) is 0.948. The van der Waals surface area contributed by atoms with Crippen molar-refractivity contribution in [2.24, 2.45) is 0 Å². The number of fused-ring (bicyclic) bond motifs is 1. The van der Waals surface area contributed by atoms with Crippen molar-refractivity contribution in [3.63, 3.8) is 0 Å². The van der Waals surface area contributed by atoms with Gasteiger partial charge in [0.05, 0.1) is 31.9 Å². The fourth-order valence-corrected chi connectivity index (χ4v) is 7.11. The molecule has 2 unspecified atom stereocenters. The first-order valence-corrected chi connectivity index (χ1v) is 15.4. The van der Waals surface area contributed by atoms with Gasteiger partial charge in [-0.1, -0.05) is 0 Å². The van der Waals surface area contributed by atoms with E-state index in [0.717, 1.165) is 5.69 Å².